The van der Waals surface area contributed by atoms with Crippen molar-refractivity contribution in [3.63, 3.8) is 0 Å². The van der Waals surface area contributed by atoms with E-state index in [-0.39, 0.29) is 0 Å². The Morgan fingerprint density at radius 1 is 1.00 bits per heavy atom. The maximum absolute atomic E-state index is 6.19. The molecule has 2 aliphatic rings. The van der Waals surface area contributed by atoms with Crippen LogP contribution in [0, 0.1) is 0 Å². The van der Waals surface area contributed by atoms with E-state index in [0.29, 0.717) is 23.6 Å². The third-order valence-corrected chi connectivity index (χ3v) is 7.22. The van der Waals surface area contributed by atoms with Crippen LogP contribution < -0.4 is 14.4 Å². The summed E-state index contributed by atoms with van der Waals surface area (Å²) in [4.78, 5) is 11.7. The van der Waals surface area contributed by atoms with Gasteiger partial charge in [0.05, 0.1) is 32.2 Å². The maximum Gasteiger partial charge on any atom is 0.324 e. The Balaban J connectivity index is 1.36. The minimum Gasteiger partial charge on any atom is -0.493 e. The number of methoxy groups -OCH3 is 1. The topological polar surface area (TPSA) is 79.5 Å². The van der Waals surface area contributed by atoms with Crippen molar-refractivity contribution in [2.75, 3.05) is 38.3 Å². The average Bonchev–Trinajstić information content (AvgIpc) is 3.53. The van der Waals surface area contributed by atoms with Crippen LogP contribution in [0.5, 0.6) is 17.5 Å². The number of morpholine rings is 1. The molecule has 1 aliphatic heterocycles. The summed E-state index contributed by atoms with van der Waals surface area (Å²) >= 11 is 0. The second kappa shape index (κ2) is 9.81. The van der Waals surface area contributed by atoms with E-state index in [9.17, 15) is 0 Å². The number of benzene rings is 1. The fourth-order valence-electron chi connectivity index (χ4n) is 5.38. The van der Waals surface area contributed by atoms with Gasteiger partial charge in [0.2, 0.25) is 0 Å². The molecule has 0 unspecified atom stereocenters. The van der Waals surface area contributed by atoms with Gasteiger partial charge in [-0.3, -0.25) is 4.68 Å². The molecule has 0 radical (unpaired) electrons. The lowest BCUT2D eigenvalue weighted by molar-refractivity contribution is 0.122. The first-order valence-electron chi connectivity index (χ1n) is 12.7. The molecule has 0 amide bonds. The summed E-state index contributed by atoms with van der Waals surface area (Å²) in [5.41, 5.74) is 4.20. The van der Waals surface area contributed by atoms with Crippen molar-refractivity contribution in [2.24, 2.45) is 7.05 Å². The van der Waals surface area contributed by atoms with Crippen LogP contribution in [0.3, 0.4) is 0 Å². The number of ether oxygens (including phenoxy) is 3. The summed E-state index contributed by atoms with van der Waals surface area (Å²) in [6.07, 6.45) is 11.9. The summed E-state index contributed by atoms with van der Waals surface area (Å²) in [6, 6.07) is 8.86. The van der Waals surface area contributed by atoms with Gasteiger partial charge in [0.15, 0.2) is 11.5 Å². The number of hydrogen-bond donors (Lipinski definition) is 0. The van der Waals surface area contributed by atoms with E-state index in [2.05, 4.69) is 31.8 Å². The quantitative estimate of drug-likeness (QED) is 0.379. The molecule has 9 heteroatoms. The summed E-state index contributed by atoms with van der Waals surface area (Å²) in [5.74, 6) is 1.25. The van der Waals surface area contributed by atoms with Crippen LogP contribution in [-0.4, -0.2) is 57.7 Å². The van der Waals surface area contributed by atoms with Gasteiger partial charge in [0.25, 0.3) is 0 Å². The van der Waals surface area contributed by atoms with Gasteiger partial charge in [-0.25, -0.2) is 4.98 Å². The van der Waals surface area contributed by atoms with Crippen molar-refractivity contribution < 1.29 is 14.2 Å². The first-order valence-corrected chi connectivity index (χ1v) is 12.7. The molecule has 3 aromatic heterocycles. The molecule has 6 rings (SSSR count). The molecule has 0 spiro atoms. The Morgan fingerprint density at radius 2 is 1.83 bits per heavy atom. The van der Waals surface area contributed by atoms with Gasteiger partial charge in [-0.2, -0.15) is 10.1 Å². The smallest absolute Gasteiger partial charge is 0.324 e. The number of rotatable bonds is 6. The van der Waals surface area contributed by atoms with E-state index in [0.717, 1.165) is 67.1 Å². The molecule has 188 valence electrons. The van der Waals surface area contributed by atoms with Crippen LogP contribution in [0.4, 0.5) is 5.69 Å². The van der Waals surface area contributed by atoms with Gasteiger partial charge < -0.3 is 23.7 Å². The van der Waals surface area contributed by atoms with E-state index in [1.807, 2.05) is 42.3 Å². The largest absolute Gasteiger partial charge is 0.493 e. The van der Waals surface area contributed by atoms with Crippen LogP contribution in [0.1, 0.15) is 38.1 Å². The highest BCUT2D eigenvalue weighted by Crippen LogP contribution is 2.38. The molecule has 0 bridgehead atoms. The molecular formula is C27H32N6O3. The third-order valence-electron chi connectivity index (χ3n) is 7.22. The van der Waals surface area contributed by atoms with E-state index in [4.69, 9.17) is 19.2 Å². The zero-order valence-corrected chi connectivity index (χ0v) is 20.9. The van der Waals surface area contributed by atoms with Crippen LogP contribution in [0.25, 0.3) is 22.3 Å². The Kier molecular flexibility index (Phi) is 6.23. The number of nitrogens with zero attached hydrogens (tertiary/aromatic N) is 6. The Hall–Kier alpha value is -3.59. The molecule has 1 aromatic carbocycles. The molecule has 9 nitrogen and oxygen atoms in total. The molecular weight excluding hydrogens is 456 g/mol. The van der Waals surface area contributed by atoms with Crippen LogP contribution in [0.15, 0.2) is 42.9 Å². The van der Waals surface area contributed by atoms with Crippen LogP contribution >= 0.6 is 0 Å². The average molecular weight is 489 g/mol. The monoisotopic (exact) mass is 488 g/mol. The van der Waals surface area contributed by atoms with Crippen molar-refractivity contribution in [3.05, 3.63) is 42.9 Å². The van der Waals surface area contributed by atoms with Gasteiger partial charge >= 0.3 is 6.01 Å². The van der Waals surface area contributed by atoms with Crippen molar-refractivity contribution in [1.29, 1.82) is 0 Å². The summed E-state index contributed by atoms with van der Waals surface area (Å²) < 4.78 is 21.6. The molecule has 0 N–H and O–H groups in total. The van der Waals surface area contributed by atoms with Gasteiger partial charge in [0.1, 0.15) is 5.65 Å². The summed E-state index contributed by atoms with van der Waals surface area (Å²) in [5, 5.41) is 5.40. The second-order valence-electron chi connectivity index (χ2n) is 9.56. The number of anilines is 1. The molecule has 0 atom stereocenters. The highest BCUT2D eigenvalue weighted by atomic mass is 16.5. The molecule has 1 aliphatic carbocycles. The standard InChI is InChI=1S/C27H32N6O3/c1-31-18-20(17-29-31)23-14-19-16-28-27(30-26(19)33(23)21-6-4-3-5-7-21)36-24-9-8-22(15-25(24)34-2)32-10-12-35-13-11-32/h8-9,14-18,21H,3-7,10-13H2,1-2H3. The SMILES string of the molecule is COc1cc(N2CCOCC2)ccc1Oc1ncc2cc(-c3cnn(C)c3)n(C3CCCCC3)c2n1. The first-order chi connectivity index (χ1) is 17.7. The Morgan fingerprint density at radius 3 is 2.58 bits per heavy atom. The molecule has 4 aromatic rings. The van der Waals surface area contributed by atoms with Gasteiger partial charge in [-0.15, -0.1) is 0 Å². The lowest BCUT2D eigenvalue weighted by atomic mass is 9.95. The van der Waals surface area contributed by atoms with Crippen molar-refractivity contribution in [2.45, 2.75) is 38.1 Å². The van der Waals surface area contributed by atoms with Gasteiger partial charge in [-0.1, -0.05) is 19.3 Å². The molecule has 36 heavy (non-hydrogen) atoms. The number of hydrogen-bond acceptors (Lipinski definition) is 7. The van der Waals surface area contributed by atoms with Crippen molar-refractivity contribution in [1.82, 2.24) is 24.3 Å². The van der Waals surface area contributed by atoms with E-state index < -0.39 is 0 Å². The van der Waals surface area contributed by atoms with E-state index in [1.165, 1.54) is 19.3 Å². The summed E-state index contributed by atoms with van der Waals surface area (Å²) in [6.45, 7) is 3.19. The van der Waals surface area contributed by atoms with Crippen LogP contribution in [0.2, 0.25) is 0 Å². The van der Waals surface area contributed by atoms with Gasteiger partial charge in [-0.05, 0) is 31.0 Å². The van der Waals surface area contributed by atoms with E-state index >= 15 is 0 Å². The van der Waals surface area contributed by atoms with Crippen molar-refractivity contribution >= 4 is 16.7 Å². The zero-order chi connectivity index (χ0) is 24.5. The highest BCUT2D eigenvalue weighted by molar-refractivity contribution is 5.84. The minimum absolute atomic E-state index is 0.313. The number of aromatic nitrogens is 5. The number of fused-ring (bicyclic) bond motifs is 1. The summed E-state index contributed by atoms with van der Waals surface area (Å²) in [7, 11) is 3.60. The zero-order valence-electron chi connectivity index (χ0n) is 20.9. The normalized spacial score (nSPS) is 17.0. The minimum atomic E-state index is 0.313. The third kappa shape index (κ3) is 4.39. The molecule has 1 saturated carbocycles. The Bertz CT molecular complexity index is 1350. The lowest BCUT2D eigenvalue weighted by Gasteiger charge is -2.29. The fraction of sp³-hybridized carbons (Fsp3) is 0.444. The molecule has 1 saturated heterocycles. The fourth-order valence-corrected chi connectivity index (χ4v) is 5.38. The lowest BCUT2D eigenvalue weighted by Crippen LogP contribution is -2.36. The van der Waals surface area contributed by atoms with Crippen LogP contribution in [-0.2, 0) is 11.8 Å². The highest BCUT2D eigenvalue weighted by Gasteiger charge is 2.24. The second-order valence-corrected chi connectivity index (χ2v) is 9.56. The predicted octanol–water partition coefficient (Wildman–Crippen LogP) is 4.97. The first kappa shape index (κ1) is 22.8. The predicted molar refractivity (Wildman–Crippen MR) is 138 cm³/mol. The molecule has 2 fully saturated rings. The molecule has 4 heterocycles. The Labute approximate surface area is 210 Å². The van der Waals surface area contributed by atoms with Gasteiger partial charge in [0, 0.05) is 61.3 Å². The maximum atomic E-state index is 6.19. The van der Waals surface area contributed by atoms with Crippen molar-refractivity contribution in [3.8, 4) is 28.8 Å². The van der Waals surface area contributed by atoms with E-state index in [1.54, 1.807) is 7.11 Å². The number of aryl methyl sites for hydroxylation is 1.